The van der Waals surface area contributed by atoms with Crippen LogP contribution in [0.4, 0.5) is 5.69 Å². The quantitative estimate of drug-likeness (QED) is 0.394. The first-order valence-electron chi connectivity index (χ1n) is 11.4. The average Bonchev–Trinajstić information content (AvgIpc) is 3.36. The fourth-order valence-corrected chi connectivity index (χ4v) is 5.00. The first kappa shape index (κ1) is 22.1. The van der Waals surface area contributed by atoms with Crippen molar-refractivity contribution in [2.24, 2.45) is 7.05 Å². The molecule has 1 saturated heterocycles. The van der Waals surface area contributed by atoms with Gasteiger partial charge in [0, 0.05) is 48.7 Å². The molecule has 5 rings (SSSR count). The summed E-state index contributed by atoms with van der Waals surface area (Å²) in [6.45, 7) is 2.59. The molecule has 2 aromatic heterocycles. The highest BCUT2D eigenvalue weighted by molar-refractivity contribution is 7.80. The summed E-state index contributed by atoms with van der Waals surface area (Å²) in [5.41, 5.74) is 4.05. The van der Waals surface area contributed by atoms with Crippen molar-refractivity contribution in [1.82, 2.24) is 19.8 Å². The van der Waals surface area contributed by atoms with Crippen LogP contribution in [-0.2, 0) is 11.8 Å². The van der Waals surface area contributed by atoms with Crippen molar-refractivity contribution in [3.8, 4) is 0 Å². The molecule has 1 amide bonds. The summed E-state index contributed by atoms with van der Waals surface area (Å²) in [6, 6.07) is 24.0. The van der Waals surface area contributed by atoms with Crippen molar-refractivity contribution >= 4 is 39.7 Å². The predicted molar refractivity (Wildman–Crippen MR) is 140 cm³/mol. The molecule has 34 heavy (non-hydrogen) atoms. The van der Waals surface area contributed by atoms with E-state index in [0.29, 0.717) is 18.1 Å². The van der Waals surface area contributed by atoms with Gasteiger partial charge in [0.1, 0.15) is 0 Å². The van der Waals surface area contributed by atoms with Crippen LogP contribution in [0.25, 0.3) is 10.8 Å². The second-order valence-electron chi connectivity index (χ2n) is 8.60. The minimum absolute atomic E-state index is 0.0396. The number of carbonyl (C=O) groups is 1. The van der Waals surface area contributed by atoms with Crippen molar-refractivity contribution in [3.05, 3.63) is 96.1 Å². The third-order valence-corrected chi connectivity index (χ3v) is 6.91. The number of hydrogen-bond donors (Lipinski definition) is 2. The van der Waals surface area contributed by atoms with Crippen molar-refractivity contribution < 1.29 is 4.79 Å². The molecule has 2 atom stereocenters. The van der Waals surface area contributed by atoms with Gasteiger partial charge in [-0.3, -0.25) is 9.78 Å². The third-order valence-electron chi connectivity index (χ3n) is 6.56. The number of carbonyl (C=O) groups excluding carboxylic acids is 1. The summed E-state index contributed by atoms with van der Waals surface area (Å²) in [5.74, 6) is -0.0396. The van der Waals surface area contributed by atoms with Gasteiger partial charge in [0.25, 0.3) is 0 Å². The summed E-state index contributed by atoms with van der Waals surface area (Å²) < 4.78 is 2.18. The van der Waals surface area contributed by atoms with Gasteiger partial charge in [0.05, 0.1) is 17.8 Å². The van der Waals surface area contributed by atoms with Crippen LogP contribution in [-0.4, -0.2) is 32.0 Å². The number of aromatic nitrogens is 2. The van der Waals surface area contributed by atoms with Gasteiger partial charge in [-0.25, -0.2) is 0 Å². The van der Waals surface area contributed by atoms with Crippen LogP contribution in [0, 0.1) is 6.92 Å². The number of pyridine rings is 1. The highest BCUT2D eigenvalue weighted by Crippen LogP contribution is 2.39. The number of thiocarbonyl (C=S) groups is 1. The summed E-state index contributed by atoms with van der Waals surface area (Å²) in [4.78, 5) is 19.7. The zero-order valence-electron chi connectivity index (χ0n) is 19.2. The summed E-state index contributed by atoms with van der Waals surface area (Å²) in [6.07, 6.45) is 2.12. The Labute approximate surface area is 204 Å². The number of amides is 1. The molecule has 1 aliphatic heterocycles. The molecule has 0 bridgehead atoms. The van der Waals surface area contributed by atoms with E-state index in [4.69, 9.17) is 12.2 Å². The van der Waals surface area contributed by atoms with Gasteiger partial charge in [-0.2, -0.15) is 0 Å². The summed E-state index contributed by atoms with van der Waals surface area (Å²) >= 11 is 5.74. The largest absolute Gasteiger partial charge is 0.352 e. The standard InChI is InChI=1S/C27H27N5OS/c1-18-13-14-23(31(18)2)26-25(22-11-5-6-16-28-22)30-27(34)32(26)17-15-24(33)29-21-12-7-9-19-8-3-4-10-20(19)21/h3-14,16,25-26H,15,17H2,1-2H3,(H,29,33)(H,30,34). The second kappa shape index (κ2) is 9.27. The summed E-state index contributed by atoms with van der Waals surface area (Å²) in [7, 11) is 2.06. The van der Waals surface area contributed by atoms with Gasteiger partial charge in [0.2, 0.25) is 5.91 Å². The number of nitrogens with zero attached hydrogens (tertiary/aromatic N) is 3. The van der Waals surface area contributed by atoms with E-state index >= 15 is 0 Å². The Morgan fingerprint density at radius 1 is 1.06 bits per heavy atom. The fraction of sp³-hybridized carbons (Fsp3) is 0.222. The molecule has 1 fully saturated rings. The zero-order chi connectivity index (χ0) is 23.7. The Hall–Kier alpha value is -3.71. The first-order valence-corrected chi connectivity index (χ1v) is 11.8. The van der Waals surface area contributed by atoms with E-state index in [0.717, 1.165) is 27.8 Å². The number of fused-ring (bicyclic) bond motifs is 1. The van der Waals surface area contributed by atoms with Crippen LogP contribution >= 0.6 is 12.2 Å². The van der Waals surface area contributed by atoms with Crippen LogP contribution < -0.4 is 10.6 Å². The maximum absolute atomic E-state index is 13.0. The van der Waals surface area contributed by atoms with Gasteiger partial charge in [-0.1, -0.05) is 42.5 Å². The maximum atomic E-state index is 13.0. The van der Waals surface area contributed by atoms with Crippen LogP contribution in [0.15, 0.2) is 79.0 Å². The normalized spacial score (nSPS) is 17.7. The van der Waals surface area contributed by atoms with E-state index in [-0.39, 0.29) is 18.0 Å². The minimum atomic E-state index is -0.0946. The number of anilines is 1. The number of nitrogens with one attached hydrogen (secondary N) is 2. The molecule has 6 nitrogen and oxygen atoms in total. The maximum Gasteiger partial charge on any atom is 0.226 e. The lowest BCUT2D eigenvalue weighted by Gasteiger charge is -2.28. The van der Waals surface area contributed by atoms with Crippen LogP contribution in [0.3, 0.4) is 0 Å². The molecule has 3 heterocycles. The topological polar surface area (TPSA) is 62.2 Å². The molecular formula is C27H27N5OS. The molecule has 0 aliphatic carbocycles. The van der Waals surface area contributed by atoms with Crippen molar-refractivity contribution in [1.29, 1.82) is 0 Å². The van der Waals surface area contributed by atoms with Crippen molar-refractivity contribution in [3.63, 3.8) is 0 Å². The number of benzene rings is 2. The highest BCUT2D eigenvalue weighted by Gasteiger charge is 2.41. The summed E-state index contributed by atoms with van der Waals surface area (Å²) in [5, 5.41) is 9.31. The Kier molecular flexibility index (Phi) is 6.02. The SMILES string of the molecule is Cc1ccc(C2C(c3ccccn3)NC(=S)N2CCC(=O)Nc2cccc3ccccc23)n1C. The first-order chi connectivity index (χ1) is 16.5. The van der Waals surface area contributed by atoms with E-state index < -0.39 is 0 Å². The minimum Gasteiger partial charge on any atom is -0.352 e. The third kappa shape index (κ3) is 4.15. The van der Waals surface area contributed by atoms with Crippen molar-refractivity contribution in [2.45, 2.75) is 25.4 Å². The molecule has 2 unspecified atom stereocenters. The van der Waals surface area contributed by atoms with Gasteiger partial charge >= 0.3 is 0 Å². The Morgan fingerprint density at radius 3 is 2.62 bits per heavy atom. The average molecular weight is 470 g/mol. The van der Waals surface area contributed by atoms with E-state index in [9.17, 15) is 4.79 Å². The van der Waals surface area contributed by atoms with Crippen LogP contribution in [0.5, 0.6) is 0 Å². The van der Waals surface area contributed by atoms with Gasteiger partial charge in [0.15, 0.2) is 5.11 Å². The van der Waals surface area contributed by atoms with E-state index in [1.54, 1.807) is 6.20 Å². The molecule has 0 spiro atoms. The Morgan fingerprint density at radius 2 is 1.85 bits per heavy atom. The number of aryl methyl sites for hydroxylation is 1. The van der Waals surface area contributed by atoms with Gasteiger partial charge in [-0.15, -0.1) is 0 Å². The van der Waals surface area contributed by atoms with Gasteiger partial charge < -0.3 is 20.1 Å². The fourth-order valence-electron chi connectivity index (χ4n) is 4.67. The lowest BCUT2D eigenvalue weighted by atomic mass is 10.0. The lowest BCUT2D eigenvalue weighted by molar-refractivity contribution is -0.116. The second-order valence-corrected chi connectivity index (χ2v) is 8.99. The number of rotatable bonds is 6. The predicted octanol–water partition coefficient (Wildman–Crippen LogP) is 4.88. The van der Waals surface area contributed by atoms with Gasteiger partial charge in [-0.05, 0) is 54.9 Å². The van der Waals surface area contributed by atoms with E-state index in [1.165, 1.54) is 5.69 Å². The smallest absolute Gasteiger partial charge is 0.226 e. The zero-order valence-corrected chi connectivity index (χ0v) is 20.0. The molecule has 0 saturated carbocycles. The monoisotopic (exact) mass is 469 g/mol. The molecule has 2 aromatic carbocycles. The molecule has 0 radical (unpaired) electrons. The lowest BCUT2D eigenvalue weighted by Crippen LogP contribution is -2.33. The molecule has 1 aliphatic rings. The molecule has 4 aromatic rings. The molecule has 2 N–H and O–H groups in total. The Bertz CT molecular complexity index is 1340. The highest BCUT2D eigenvalue weighted by atomic mass is 32.1. The Balaban J connectivity index is 1.37. The molecular weight excluding hydrogens is 442 g/mol. The molecule has 7 heteroatoms. The number of hydrogen-bond acceptors (Lipinski definition) is 3. The van der Waals surface area contributed by atoms with Crippen molar-refractivity contribution in [2.75, 3.05) is 11.9 Å². The molecule has 172 valence electrons. The van der Waals surface area contributed by atoms with E-state index in [1.807, 2.05) is 60.7 Å². The van der Waals surface area contributed by atoms with Crippen LogP contribution in [0.1, 0.15) is 35.6 Å². The van der Waals surface area contributed by atoms with E-state index in [2.05, 4.69) is 51.2 Å². The van der Waals surface area contributed by atoms with Crippen LogP contribution in [0.2, 0.25) is 0 Å².